The molecular formula is C51H89ClN12O19. The zero-order valence-electron chi connectivity index (χ0n) is 47.7. The van der Waals surface area contributed by atoms with Gasteiger partial charge in [-0.2, -0.15) is 0 Å². The lowest BCUT2D eigenvalue weighted by Crippen LogP contribution is -2.62. The van der Waals surface area contributed by atoms with Gasteiger partial charge in [0, 0.05) is 6.92 Å². The van der Waals surface area contributed by atoms with Gasteiger partial charge in [0.1, 0.15) is 54.6 Å². The molecule has 0 aromatic carbocycles. The number of aliphatic carboxylic acids is 2. The number of unbranched alkanes of at least 4 members (excludes halogenated alkanes) is 7. The van der Waals surface area contributed by atoms with E-state index in [0.717, 1.165) is 32.8 Å². The Morgan fingerprint density at radius 3 is 1.63 bits per heavy atom. The van der Waals surface area contributed by atoms with Crippen LogP contribution >= 0.6 is 11.6 Å². The van der Waals surface area contributed by atoms with Crippen molar-refractivity contribution in [1.82, 2.24) is 47.9 Å². The summed E-state index contributed by atoms with van der Waals surface area (Å²) in [4.78, 5) is 158. The highest BCUT2D eigenvalue weighted by Crippen LogP contribution is 2.12. The molecule has 0 aromatic heterocycles. The maximum atomic E-state index is 13.8. The number of aliphatic hydroxyl groups excluding tert-OH is 4. The highest BCUT2D eigenvalue weighted by molar-refractivity contribution is 6.18. The Bertz CT molecular complexity index is 2160. The lowest BCUT2D eigenvalue weighted by molar-refractivity contribution is -0.155. The zero-order chi connectivity index (χ0) is 63.4. The molecule has 0 spiro atoms. The van der Waals surface area contributed by atoms with E-state index in [1.165, 1.54) is 51.9 Å². The van der Waals surface area contributed by atoms with Gasteiger partial charge in [-0.15, -0.1) is 11.6 Å². The Labute approximate surface area is 486 Å². The normalized spacial score (nSPS) is 24.3. The summed E-state index contributed by atoms with van der Waals surface area (Å²) in [5, 5.41) is 79.5. The van der Waals surface area contributed by atoms with E-state index in [2.05, 4.69) is 44.1 Å². The number of hydrogen-bond acceptors (Lipinski definition) is 20. The number of amides is 9. The van der Waals surface area contributed by atoms with Crippen LogP contribution in [0.15, 0.2) is 11.8 Å². The van der Waals surface area contributed by atoms with E-state index in [1.54, 1.807) is 0 Å². The molecule has 1 fully saturated rings. The summed E-state index contributed by atoms with van der Waals surface area (Å²) >= 11 is 5.74. The number of aliphatic hydroxyl groups is 4. The van der Waals surface area contributed by atoms with Crippen molar-refractivity contribution in [3.8, 4) is 0 Å². The molecule has 31 nitrogen and oxygen atoms in total. The number of allylic oxidation sites excluding steroid dienone is 1. The average molecular weight is 1210 g/mol. The fourth-order valence-corrected chi connectivity index (χ4v) is 7.93. The van der Waals surface area contributed by atoms with E-state index in [1.807, 2.05) is 17.6 Å². The van der Waals surface area contributed by atoms with Crippen LogP contribution in [0.5, 0.6) is 0 Å². The number of carbonyl (C=O) groups excluding carboxylic acids is 10. The van der Waals surface area contributed by atoms with E-state index < -0.39 is 169 Å². The molecule has 0 saturated carbocycles. The van der Waals surface area contributed by atoms with Crippen molar-refractivity contribution in [2.75, 3.05) is 32.1 Å². The van der Waals surface area contributed by atoms with Gasteiger partial charge in [-0.05, 0) is 78.4 Å². The summed E-state index contributed by atoms with van der Waals surface area (Å²) in [5.41, 5.74) is 16.2. The van der Waals surface area contributed by atoms with Crippen LogP contribution in [-0.2, 0) is 62.3 Å². The fraction of sp³-hybridized carbons (Fsp3) is 0.725. The van der Waals surface area contributed by atoms with E-state index in [4.69, 9.17) is 33.5 Å². The SMILES string of the molecule is C/C=C1\NC(=O)[C@H]([C@H](C)O)NC(=O)[C@H](CCN)NC(=O)[C@H](CCCCN)NC(=O)[C@H](CC(=O)O)NC(=O)[C@@H](CCN)NC(=O)[C@@H](NC(C)=O)COC(=O)[C@H]([C@H](O)CCl)NC(=O)[C@H]([C@H](O)C(=O)O)NC1=O.CCCCCCCCCC(O)CC. The van der Waals surface area contributed by atoms with Crippen LogP contribution in [-0.4, -0.2) is 207 Å². The smallest absolute Gasteiger partial charge is 0.335 e. The van der Waals surface area contributed by atoms with Gasteiger partial charge >= 0.3 is 17.9 Å². The Balaban J connectivity index is 0.00000456. The molecule has 0 aliphatic carbocycles. The first-order valence-corrected chi connectivity index (χ1v) is 28.1. The molecule has 0 aromatic rings. The Hall–Kier alpha value is -6.61. The topological polar surface area (TPSA) is 522 Å². The maximum Gasteiger partial charge on any atom is 0.335 e. The second-order valence-electron chi connectivity index (χ2n) is 19.5. The average Bonchev–Trinajstić information content (AvgIpc) is 3.44. The maximum absolute atomic E-state index is 13.8. The molecule has 0 bridgehead atoms. The van der Waals surface area contributed by atoms with Gasteiger partial charge in [-0.25, -0.2) is 9.59 Å². The van der Waals surface area contributed by atoms with Gasteiger partial charge in [0.05, 0.1) is 30.6 Å². The summed E-state index contributed by atoms with van der Waals surface area (Å²) < 4.78 is 5.10. The molecule has 1 saturated heterocycles. The van der Waals surface area contributed by atoms with Crippen molar-refractivity contribution in [2.45, 2.75) is 204 Å². The third kappa shape index (κ3) is 30.0. The predicted molar refractivity (Wildman–Crippen MR) is 297 cm³/mol. The van der Waals surface area contributed by atoms with Gasteiger partial charge in [-0.3, -0.25) is 47.9 Å². The largest absolute Gasteiger partial charge is 0.481 e. The second-order valence-corrected chi connectivity index (χ2v) is 19.8. The Morgan fingerprint density at radius 2 is 1.14 bits per heavy atom. The summed E-state index contributed by atoms with van der Waals surface area (Å²) in [5.74, 6) is -17.5. The second kappa shape index (κ2) is 42.2. The minimum absolute atomic E-state index is 0.0457. The number of carbonyl (C=O) groups is 12. The summed E-state index contributed by atoms with van der Waals surface area (Å²) in [6.45, 7) is 5.84. The van der Waals surface area contributed by atoms with Gasteiger partial charge in [0.15, 0.2) is 12.1 Å². The number of halogens is 1. The van der Waals surface area contributed by atoms with Crippen molar-refractivity contribution < 1.29 is 92.9 Å². The molecule has 32 heteroatoms. The van der Waals surface area contributed by atoms with E-state index in [-0.39, 0.29) is 45.0 Å². The number of ether oxygens (including phenoxy) is 1. The molecule has 83 heavy (non-hydrogen) atoms. The highest BCUT2D eigenvalue weighted by Gasteiger charge is 2.40. The van der Waals surface area contributed by atoms with Crippen LogP contribution in [0.1, 0.15) is 131 Å². The third-order valence-electron chi connectivity index (χ3n) is 12.6. The number of esters is 1. The monoisotopic (exact) mass is 1210 g/mol. The van der Waals surface area contributed by atoms with Gasteiger partial charge in [-0.1, -0.05) is 64.9 Å². The van der Waals surface area contributed by atoms with Crippen molar-refractivity contribution in [2.24, 2.45) is 17.2 Å². The third-order valence-corrected chi connectivity index (χ3v) is 12.9. The summed E-state index contributed by atoms with van der Waals surface area (Å²) in [7, 11) is 0. The van der Waals surface area contributed by atoms with Crippen LogP contribution < -0.4 is 65.1 Å². The van der Waals surface area contributed by atoms with E-state index in [9.17, 15) is 88.2 Å². The van der Waals surface area contributed by atoms with Crippen molar-refractivity contribution in [1.29, 1.82) is 0 Å². The van der Waals surface area contributed by atoms with Crippen molar-refractivity contribution in [3.05, 3.63) is 11.8 Å². The Morgan fingerprint density at radius 1 is 0.639 bits per heavy atom. The Kier molecular flexibility index (Phi) is 38.9. The number of hydrogen-bond donors (Lipinski definition) is 18. The predicted octanol–water partition coefficient (Wildman–Crippen LogP) is -4.91. The molecular weight excluding hydrogens is 1120 g/mol. The fourth-order valence-electron chi connectivity index (χ4n) is 7.75. The lowest BCUT2D eigenvalue weighted by Gasteiger charge is -2.28. The number of alkyl halides is 1. The molecule has 1 rings (SSSR count). The molecule has 1 aliphatic rings. The number of carboxylic acids is 2. The van der Waals surface area contributed by atoms with Crippen LogP contribution in [0, 0.1) is 0 Å². The number of nitrogens with one attached hydrogen (secondary N) is 9. The minimum atomic E-state index is -2.80. The van der Waals surface area contributed by atoms with Crippen LogP contribution in [0.4, 0.5) is 0 Å². The number of rotatable bonds is 25. The molecule has 474 valence electrons. The number of cyclic esters (lactones) is 1. The number of nitrogens with two attached hydrogens (primary N) is 3. The quantitative estimate of drug-likeness (QED) is 0.0176. The summed E-state index contributed by atoms with van der Waals surface area (Å²) in [6, 6.07) is -15.5. The van der Waals surface area contributed by atoms with E-state index >= 15 is 0 Å². The molecule has 21 N–H and O–H groups in total. The first kappa shape index (κ1) is 76.4. The molecule has 1 unspecified atom stereocenters. The molecule has 0 radical (unpaired) electrons. The van der Waals surface area contributed by atoms with Crippen molar-refractivity contribution >= 4 is 82.7 Å². The van der Waals surface area contributed by atoms with Crippen LogP contribution in [0.25, 0.3) is 0 Å². The minimum Gasteiger partial charge on any atom is -0.481 e. The number of carboxylic acid groups (broad SMARTS) is 2. The van der Waals surface area contributed by atoms with Gasteiger partial charge in [0.2, 0.25) is 47.3 Å². The molecule has 9 amide bonds. The van der Waals surface area contributed by atoms with Crippen LogP contribution in [0.2, 0.25) is 0 Å². The van der Waals surface area contributed by atoms with E-state index in [0.29, 0.717) is 6.42 Å². The first-order valence-electron chi connectivity index (χ1n) is 27.5. The molecule has 1 aliphatic heterocycles. The zero-order valence-corrected chi connectivity index (χ0v) is 48.5. The standard InChI is InChI=1S/C39H63ClN12O18.C12H26O/c1-4-18-30(59)52-28(29(58)38(67)68)37(66)51-27(24(55)14-40)39(69)70-15-23(44-17(3)54)35(64)48-20(8-11-42)32(61)49-22(13-25(56)57)34(63)46-19(7-5-6-10-41)31(60)47-21(9-12-43)33(62)50-26(16(2)53)36(65)45-18;1-3-5-6-7-8-9-10-11-12(13)4-2/h4,16,19-24,26-29,53,55,58H,5-15,41-43H2,1-3H3,(H,44,54)(H,45,65)(H,46,63)(H,47,60)(H,48,64)(H,49,61)(H,50,62)(H,51,66)(H,52,59)(H,56,57)(H,67,68);12-13H,3-11H2,1-2H3/b18-4-;/t16-,19-,20+,21-,22-,23-,24+,26-,27-,28-,29-;/m0./s1. The van der Waals surface area contributed by atoms with Crippen molar-refractivity contribution in [3.63, 3.8) is 0 Å². The molecule has 12 atom stereocenters. The first-order chi connectivity index (χ1) is 39.2. The lowest BCUT2D eigenvalue weighted by atomic mass is 10.0. The summed E-state index contributed by atoms with van der Waals surface area (Å²) in [6.07, 6.45) is 4.00. The van der Waals surface area contributed by atoms with Gasteiger partial charge in [0.25, 0.3) is 5.91 Å². The molecule has 1 heterocycles. The highest BCUT2D eigenvalue weighted by atomic mass is 35.5. The van der Waals surface area contributed by atoms with Crippen LogP contribution in [0.3, 0.4) is 0 Å². The van der Waals surface area contributed by atoms with Gasteiger partial charge < -0.3 is 100 Å².